The van der Waals surface area contributed by atoms with Crippen LogP contribution in [0.5, 0.6) is 0 Å². The van der Waals surface area contributed by atoms with Gasteiger partial charge in [0.25, 0.3) is 0 Å². The smallest absolute Gasteiger partial charge is 0.237 e. The number of hydrogen-bond donors (Lipinski definition) is 2. The van der Waals surface area contributed by atoms with Gasteiger partial charge in [0.15, 0.2) is 0 Å². The Bertz CT molecular complexity index is 699. The highest BCUT2D eigenvalue weighted by molar-refractivity contribution is 6.33. The maximum atomic E-state index is 12.1. The number of nitrogens with one attached hydrogen (secondary N) is 2. The Morgan fingerprint density at radius 2 is 2.22 bits per heavy atom. The first-order chi connectivity index (χ1) is 11.0. The Kier molecular flexibility index (Phi) is 4.63. The molecule has 0 saturated carbocycles. The number of carbonyl (C=O) groups is 1. The number of carbonyl (C=O) groups excluding carboxylic acids is 1. The zero-order valence-corrected chi connectivity index (χ0v) is 13.9. The summed E-state index contributed by atoms with van der Waals surface area (Å²) in [4.78, 5) is 12.1. The second-order valence-corrected chi connectivity index (χ2v) is 6.48. The van der Waals surface area contributed by atoms with E-state index in [9.17, 15) is 4.79 Å². The molecular weight excluding hydrogens is 314 g/mol. The summed E-state index contributed by atoms with van der Waals surface area (Å²) in [7, 11) is 0. The summed E-state index contributed by atoms with van der Waals surface area (Å²) < 4.78 is 1.81. The summed E-state index contributed by atoms with van der Waals surface area (Å²) in [5.74, 6) is 0.0361. The van der Waals surface area contributed by atoms with Gasteiger partial charge in [-0.25, -0.2) is 4.68 Å². The van der Waals surface area contributed by atoms with Crippen molar-refractivity contribution < 1.29 is 4.79 Å². The Morgan fingerprint density at radius 1 is 1.43 bits per heavy atom. The van der Waals surface area contributed by atoms with Crippen molar-refractivity contribution in [2.75, 3.05) is 6.54 Å². The molecule has 2 heterocycles. The van der Waals surface area contributed by atoms with Gasteiger partial charge in [0.1, 0.15) is 5.69 Å². The van der Waals surface area contributed by atoms with Crippen LogP contribution in [0.15, 0.2) is 30.5 Å². The number of amides is 1. The van der Waals surface area contributed by atoms with Crippen LogP contribution in [0.1, 0.15) is 26.3 Å². The number of aromatic nitrogens is 3. The van der Waals surface area contributed by atoms with Crippen molar-refractivity contribution in [3.05, 3.63) is 35.5 Å². The molecule has 0 bridgehead atoms. The van der Waals surface area contributed by atoms with Crippen molar-refractivity contribution in [3.63, 3.8) is 0 Å². The monoisotopic (exact) mass is 333 g/mol. The van der Waals surface area contributed by atoms with Gasteiger partial charge in [-0.05, 0) is 26.3 Å². The zero-order valence-electron chi connectivity index (χ0n) is 13.2. The van der Waals surface area contributed by atoms with Crippen molar-refractivity contribution >= 4 is 17.5 Å². The average molecular weight is 334 g/mol. The molecule has 0 spiro atoms. The standard InChI is InChI=1S/C16H20ClN5O/c1-10(2)19-16(23)14-7-11(8-18-14)22-9-15(20-21-22)12-5-3-4-6-13(12)17/h3-6,9-11,14,18H,7-8H2,1-2H3,(H,19,23)/t11-,14+/m1/s1. The third-order valence-electron chi connectivity index (χ3n) is 3.89. The molecule has 0 radical (unpaired) electrons. The molecule has 122 valence electrons. The summed E-state index contributed by atoms with van der Waals surface area (Å²) in [5, 5.41) is 15.2. The van der Waals surface area contributed by atoms with E-state index in [1.807, 2.05) is 49.0 Å². The molecular formula is C16H20ClN5O. The lowest BCUT2D eigenvalue weighted by Gasteiger charge is -2.13. The Labute approximate surface area is 140 Å². The molecule has 0 aliphatic carbocycles. The normalized spacial score (nSPS) is 20.9. The molecule has 1 saturated heterocycles. The Balaban J connectivity index is 1.70. The summed E-state index contributed by atoms with van der Waals surface area (Å²) in [6.07, 6.45) is 2.58. The van der Waals surface area contributed by atoms with Gasteiger partial charge >= 0.3 is 0 Å². The third kappa shape index (κ3) is 3.54. The van der Waals surface area contributed by atoms with E-state index in [1.165, 1.54) is 0 Å². The largest absolute Gasteiger partial charge is 0.353 e. The van der Waals surface area contributed by atoms with Crippen LogP contribution in [0, 0.1) is 0 Å². The van der Waals surface area contributed by atoms with E-state index in [0.29, 0.717) is 18.0 Å². The second-order valence-electron chi connectivity index (χ2n) is 6.08. The zero-order chi connectivity index (χ0) is 16.4. The molecule has 1 aromatic heterocycles. The van der Waals surface area contributed by atoms with Crippen molar-refractivity contribution in [3.8, 4) is 11.3 Å². The van der Waals surface area contributed by atoms with Gasteiger partial charge in [-0.3, -0.25) is 4.79 Å². The first-order valence-corrected chi connectivity index (χ1v) is 8.13. The number of nitrogens with zero attached hydrogens (tertiary/aromatic N) is 3. The van der Waals surface area contributed by atoms with Gasteiger partial charge in [0.2, 0.25) is 5.91 Å². The first kappa shape index (κ1) is 16.0. The molecule has 7 heteroatoms. The molecule has 0 unspecified atom stereocenters. The highest BCUT2D eigenvalue weighted by Gasteiger charge is 2.31. The molecule has 1 fully saturated rings. The van der Waals surface area contributed by atoms with Gasteiger partial charge in [-0.15, -0.1) is 5.10 Å². The van der Waals surface area contributed by atoms with E-state index < -0.39 is 0 Å². The fraction of sp³-hybridized carbons (Fsp3) is 0.438. The molecule has 6 nitrogen and oxygen atoms in total. The Hall–Kier alpha value is -1.92. The van der Waals surface area contributed by atoms with E-state index >= 15 is 0 Å². The van der Waals surface area contributed by atoms with Gasteiger partial charge in [-0.1, -0.05) is 35.0 Å². The number of benzene rings is 1. The molecule has 1 aliphatic rings. The predicted octanol–water partition coefficient (Wildman–Crippen LogP) is 2.03. The van der Waals surface area contributed by atoms with E-state index in [2.05, 4.69) is 20.9 Å². The van der Waals surface area contributed by atoms with Crippen LogP contribution in [0.3, 0.4) is 0 Å². The van der Waals surface area contributed by atoms with E-state index in [0.717, 1.165) is 11.3 Å². The van der Waals surface area contributed by atoms with Crippen LogP contribution in [-0.4, -0.2) is 39.5 Å². The summed E-state index contributed by atoms with van der Waals surface area (Å²) >= 11 is 6.20. The minimum absolute atomic E-state index is 0.0361. The van der Waals surface area contributed by atoms with Crippen LogP contribution in [0.2, 0.25) is 5.02 Å². The minimum Gasteiger partial charge on any atom is -0.353 e. The summed E-state index contributed by atoms with van der Waals surface area (Å²) in [5.41, 5.74) is 1.60. The minimum atomic E-state index is -0.185. The lowest BCUT2D eigenvalue weighted by atomic mass is 10.1. The molecule has 2 atom stereocenters. The third-order valence-corrected chi connectivity index (χ3v) is 4.22. The van der Waals surface area contributed by atoms with E-state index in [-0.39, 0.29) is 24.0 Å². The van der Waals surface area contributed by atoms with Crippen molar-refractivity contribution in [1.29, 1.82) is 0 Å². The highest BCUT2D eigenvalue weighted by atomic mass is 35.5. The molecule has 2 aromatic rings. The number of rotatable bonds is 4. The van der Waals surface area contributed by atoms with Gasteiger partial charge in [0.05, 0.1) is 23.3 Å². The predicted molar refractivity (Wildman–Crippen MR) is 89.2 cm³/mol. The molecule has 1 aromatic carbocycles. The van der Waals surface area contributed by atoms with Crippen molar-refractivity contribution in [1.82, 2.24) is 25.6 Å². The van der Waals surface area contributed by atoms with Crippen LogP contribution in [0.25, 0.3) is 11.3 Å². The first-order valence-electron chi connectivity index (χ1n) is 7.75. The van der Waals surface area contributed by atoms with Crippen LogP contribution >= 0.6 is 11.6 Å². The maximum absolute atomic E-state index is 12.1. The summed E-state index contributed by atoms with van der Waals surface area (Å²) in [6, 6.07) is 7.62. The van der Waals surface area contributed by atoms with Crippen LogP contribution in [-0.2, 0) is 4.79 Å². The fourth-order valence-electron chi connectivity index (χ4n) is 2.75. The number of halogens is 1. The van der Waals surface area contributed by atoms with Crippen molar-refractivity contribution in [2.24, 2.45) is 0 Å². The van der Waals surface area contributed by atoms with Crippen LogP contribution < -0.4 is 10.6 Å². The van der Waals surface area contributed by atoms with Crippen LogP contribution in [0.4, 0.5) is 0 Å². The molecule has 3 rings (SSSR count). The second kappa shape index (κ2) is 6.68. The van der Waals surface area contributed by atoms with Gasteiger partial charge in [-0.2, -0.15) is 0 Å². The van der Waals surface area contributed by atoms with E-state index in [1.54, 1.807) is 0 Å². The van der Waals surface area contributed by atoms with Gasteiger partial charge in [0, 0.05) is 18.2 Å². The lowest BCUT2D eigenvalue weighted by Crippen LogP contribution is -2.43. The summed E-state index contributed by atoms with van der Waals surface area (Å²) in [6.45, 7) is 4.61. The van der Waals surface area contributed by atoms with Gasteiger partial charge < -0.3 is 10.6 Å². The maximum Gasteiger partial charge on any atom is 0.237 e. The molecule has 23 heavy (non-hydrogen) atoms. The lowest BCUT2D eigenvalue weighted by molar-refractivity contribution is -0.123. The fourth-order valence-corrected chi connectivity index (χ4v) is 2.98. The van der Waals surface area contributed by atoms with Crippen molar-refractivity contribution in [2.45, 2.75) is 38.4 Å². The Morgan fingerprint density at radius 3 is 2.96 bits per heavy atom. The van der Waals surface area contributed by atoms with E-state index in [4.69, 9.17) is 11.6 Å². The highest BCUT2D eigenvalue weighted by Crippen LogP contribution is 2.27. The number of hydrogen-bond acceptors (Lipinski definition) is 4. The SMILES string of the molecule is CC(C)NC(=O)[C@@H]1C[C@@H](n2cc(-c3ccccc3Cl)nn2)CN1. The molecule has 1 amide bonds. The average Bonchev–Trinajstić information content (AvgIpc) is 3.16. The molecule has 1 aliphatic heterocycles. The quantitative estimate of drug-likeness (QED) is 0.898. The topological polar surface area (TPSA) is 71.8 Å². The molecule has 2 N–H and O–H groups in total.